The Balaban J connectivity index is 1.87. The molecule has 3 rings (SSSR count). The van der Waals surface area contributed by atoms with Crippen LogP contribution in [0.2, 0.25) is 0 Å². The van der Waals surface area contributed by atoms with Crippen LogP contribution in [0.5, 0.6) is 5.75 Å². The quantitative estimate of drug-likeness (QED) is 0.434. The van der Waals surface area contributed by atoms with Crippen LogP contribution < -0.4 is 15.0 Å². The van der Waals surface area contributed by atoms with Gasteiger partial charge in [0, 0.05) is 25.1 Å². The van der Waals surface area contributed by atoms with E-state index in [4.69, 9.17) is 4.74 Å². The molecule has 1 aromatic carbocycles. The van der Waals surface area contributed by atoms with Gasteiger partial charge in [-0.1, -0.05) is 6.07 Å². The van der Waals surface area contributed by atoms with Gasteiger partial charge in [0.05, 0.1) is 18.1 Å². The monoisotopic (exact) mass is 442 g/mol. The van der Waals surface area contributed by atoms with Crippen molar-refractivity contribution in [1.82, 2.24) is 10.3 Å². The Hall–Kier alpha value is -3.44. The number of benzene rings is 1. The van der Waals surface area contributed by atoms with Gasteiger partial charge in [0.2, 0.25) is 0 Å². The van der Waals surface area contributed by atoms with Crippen molar-refractivity contribution in [2.45, 2.75) is 24.6 Å². The minimum Gasteiger partial charge on any atom is -0.494 e. The Morgan fingerprint density at radius 2 is 2.06 bits per heavy atom. The third-order valence-electron chi connectivity index (χ3n) is 5.06. The van der Waals surface area contributed by atoms with Gasteiger partial charge in [0.25, 0.3) is 5.69 Å². The predicted molar refractivity (Wildman–Crippen MR) is 101 cm³/mol. The summed E-state index contributed by atoms with van der Waals surface area (Å²) in [6, 6.07) is 5.70. The van der Waals surface area contributed by atoms with Crippen LogP contribution in [-0.2, 0) is 4.79 Å². The molecule has 1 aliphatic heterocycles. The number of halogens is 4. The second-order valence-corrected chi connectivity index (χ2v) is 6.94. The number of anilines is 1. The van der Waals surface area contributed by atoms with Gasteiger partial charge in [-0.2, -0.15) is 13.2 Å². The van der Waals surface area contributed by atoms with Gasteiger partial charge in [0.15, 0.2) is 11.6 Å². The van der Waals surface area contributed by atoms with E-state index in [0.29, 0.717) is 17.9 Å². The molecule has 1 N–H and O–H groups in total. The lowest BCUT2D eigenvalue weighted by molar-refractivity contribution is -0.385. The molecule has 0 saturated carbocycles. The molecule has 166 valence electrons. The standard InChI is InChI=1S/C19H18F4N4O4/c1-31-16-4-2-11(8-14(16)20)13-6-7-26(10-15(13)25-18(28)19(21,22)23)17-5-3-12(9-24-17)27(29)30/h2-5,8-9,13,15H,6-7,10H2,1H3,(H,25,28). The molecule has 2 unspecified atom stereocenters. The Morgan fingerprint density at radius 3 is 2.61 bits per heavy atom. The number of methoxy groups -OCH3 is 1. The van der Waals surface area contributed by atoms with Crippen molar-refractivity contribution in [2.75, 3.05) is 25.1 Å². The lowest BCUT2D eigenvalue weighted by Gasteiger charge is -2.40. The van der Waals surface area contributed by atoms with E-state index in [0.717, 1.165) is 6.20 Å². The van der Waals surface area contributed by atoms with E-state index in [-0.39, 0.29) is 24.4 Å². The Morgan fingerprint density at radius 1 is 1.32 bits per heavy atom. The summed E-state index contributed by atoms with van der Waals surface area (Å²) in [4.78, 5) is 27.4. The summed E-state index contributed by atoms with van der Waals surface area (Å²) in [6.45, 7) is 0.284. The number of carbonyl (C=O) groups excluding carboxylic acids is 1. The average Bonchev–Trinajstić information content (AvgIpc) is 2.73. The first kappa shape index (κ1) is 22.2. The predicted octanol–water partition coefficient (Wildman–Crippen LogP) is 3.18. The number of nitrogens with zero attached hydrogens (tertiary/aromatic N) is 3. The molecule has 1 aromatic heterocycles. The van der Waals surface area contributed by atoms with E-state index >= 15 is 0 Å². The van der Waals surface area contributed by atoms with Crippen LogP contribution in [0.3, 0.4) is 0 Å². The van der Waals surface area contributed by atoms with Crippen molar-refractivity contribution in [3.05, 3.63) is 58.0 Å². The van der Waals surface area contributed by atoms with E-state index in [1.807, 2.05) is 5.32 Å². The van der Waals surface area contributed by atoms with Crippen molar-refractivity contribution in [2.24, 2.45) is 0 Å². The van der Waals surface area contributed by atoms with Crippen molar-refractivity contribution >= 4 is 17.4 Å². The van der Waals surface area contributed by atoms with Gasteiger partial charge in [0.1, 0.15) is 12.0 Å². The van der Waals surface area contributed by atoms with Gasteiger partial charge in [-0.3, -0.25) is 14.9 Å². The lowest BCUT2D eigenvalue weighted by atomic mass is 9.85. The summed E-state index contributed by atoms with van der Waals surface area (Å²) in [5, 5.41) is 12.8. The number of hydrogen-bond acceptors (Lipinski definition) is 6. The number of carbonyl (C=O) groups is 1. The number of piperidine rings is 1. The normalized spacial score (nSPS) is 19.1. The SMILES string of the molecule is COc1ccc(C2CCN(c3ccc([N+](=O)[O-])cn3)CC2NC(=O)C(F)(F)F)cc1F. The van der Waals surface area contributed by atoms with E-state index in [1.54, 1.807) is 11.0 Å². The summed E-state index contributed by atoms with van der Waals surface area (Å²) in [6.07, 6.45) is -3.75. The molecule has 2 atom stereocenters. The molecule has 0 radical (unpaired) electrons. The van der Waals surface area contributed by atoms with Crippen LogP contribution in [0, 0.1) is 15.9 Å². The number of nitro groups is 1. The van der Waals surface area contributed by atoms with Crippen LogP contribution in [0.25, 0.3) is 0 Å². The second-order valence-electron chi connectivity index (χ2n) is 6.94. The van der Waals surface area contributed by atoms with Gasteiger partial charge in [-0.25, -0.2) is 9.37 Å². The van der Waals surface area contributed by atoms with Crippen LogP contribution >= 0.6 is 0 Å². The van der Waals surface area contributed by atoms with Crippen molar-refractivity contribution < 1.29 is 32.0 Å². The molecular weight excluding hydrogens is 424 g/mol. The van der Waals surface area contributed by atoms with Crippen LogP contribution in [0.4, 0.5) is 29.1 Å². The number of rotatable bonds is 5. The van der Waals surface area contributed by atoms with E-state index in [9.17, 15) is 32.5 Å². The first-order chi connectivity index (χ1) is 14.6. The Kier molecular flexibility index (Phi) is 6.27. The fraction of sp³-hybridized carbons (Fsp3) is 0.368. The summed E-state index contributed by atoms with van der Waals surface area (Å²) in [5.74, 6) is -3.06. The maximum Gasteiger partial charge on any atom is 0.471 e. The fourth-order valence-corrected chi connectivity index (χ4v) is 3.54. The molecule has 2 aromatic rings. The third-order valence-corrected chi connectivity index (χ3v) is 5.06. The molecule has 1 aliphatic rings. The highest BCUT2D eigenvalue weighted by molar-refractivity contribution is 5.82. The zero-order valence-electron chi connectivity index (χ0n) is 16.2. The molecule has 0 bridgehead atoms. The average molecular weight is 442 g/mol. The number of hydrogen-bond donors (Lipinski definition) is 1. The Labute approximate surface area is 174 Å². The number of amides is 1. The minimum atomic E-state index is -5.08. The number of aromatic nitrogens is 1. The number of ether oxygens (including phenoxy) is 1. The van der Waals surface area contributed by atoms with Gasteiger partial charge >= 0.3 is 12.1 Å². The van der Waals surface area contributed by atoms with Gasteiger partial charge in [-0.15, -0.1) is 0 Å². The molecule has 1 amide bonds. The highest BCUT2D eigenvalue weighted by Crippen LogP contribution is 2.33. The number of alkyl halides is 3. The van der Waals surface area contributed by atoms with E-state index < -0.39 is 34.8 Å². The van der Waals surface area contributed by atoms with Crippen LogP contribution in [0.1, 0.15) is 17.9 Å². The molecular formula is C19H18F4N4O4. The number of nitrogens with one attached hydrogen (secondary N) is 1. The molecule has 2 heterocycles. The molecule has 1 saturated heterocycles. The van der Waals surface area contributed by atoms with Crippen LogP contribution in [-0.4, -0.2) is 48.2 Å². The van der Waals surface area contributed by atoms with E-state index in [2.05, 4.69) is 4.98 Å². The highest BCUT2D eigenvalue weighted by atomic mass is 19.4. The minimum absolute atomic E-state index is 0.00728. The molecule has 1 fully saturated rings. The first-order valence-electron chi connectivity index (χ1n) is 9.16. The topological polar surface area (TPSA) is 97.6 Å². The summed E-state index contributed by atoms with van der Waals surface area (Å²) in [5.41, 5.74) is 0.191. The van der Waals surface area contributed by atoms with E-state index in [1.165, 1.54) is 31.4 Å². The molecule has 31 heavy (non-hydrogen) atoms. The summed E-state index contributed by atoms with van der Waals surface area (Å²) < 4.78 is 57.6. The maximum atomic E-state index is 14.2. The molecule has 0 aliphatic carbocycles. The Bertz CT molecular complexity index is 968. The summed E-state index contributed by atoms with van der Waals surface area (Å²) >= 11 is 0. The van der Waals surface area contributed by atoms with Crippen LogP contribution in [0.15, 0.2) is 36.5 Å². The molecule has 12 heteroatoms. The highest BCUT2D eigenvalue weighted by Gasteiger charge is 2.42. The van der Waals surface area contributed by atoms with Gasteiger partial charge in [-0.05, 0) is 30.2 Å². The number of pyridine rings is 1. The third kappa shape index (κ3) is 5.01. The maximum absolute atomic E-state index is 14.2. The van der Waals surface area contributed by atoms with Gasteiger partial charge < -0.3 is 15.0 Å². The zero-order valence-corrected chi connectivity index (χ0v) is 16.2. The van der Waals surface area contributed by atoms with Crippen molar-refractivity contribution in [1.29, 1.82) is 0 Å². The fourth-order valence-electron chi connectivity index (χ4n) is 3.54. The zero-order chi connectivity index (χ0) is 22.8. The molecule has 0 spiro atoms. The molecule has 8 nitrogen and oxygen atoms in total. The first-order valence-corrected chi connectivity index (χ1v) is 9.16. The largest absolute Gasteiger partial charge is 0.494 e. The van der Waals surface area contributed by atoms with Crippen molar-refractivity contribution in [3.8, 4) is 5.75 Å². The smallest absolute Gasteiger partial charge is 0.471 e. The second kappa shape index (κ2) is 8.74. The summed E-state index contributed by atoms with van der Waals surface area (Å²) in [7, 11) is 1.29. The van der Waals surface area contributed by atoms with Crippen molar-refractivity contribution in [3.63, 3.8) is 0 Å². The lowest BCUT2D eigenvalue weighted by Crippen LogP contribution is -2.54.